The predicted molar refractivity (Wildman–Crippen MR) is 83.7 cm³/mol. The average molecular weight is 313 g/mol. The zero-order valence-corrected chi connectivity index (χ0v) is 12.5. The number of rotatable bonds is 5. The standard InChI is InChI=1S/C17H15NO5/c1-21-12-6-8-13(9-7-12)22-16(19)10-11-18-14-4-2-3-5-15(14)23-17(18)20/h2-9H,10-11H2,1H3. The second-order valence-corrected chi connectivity index (χ2v) is 4.89. The highest BCUT2D eigenvalue weighted by Gasteiger charge is 2.11. The summed E-state index contributed by atoms with van der Waals surface area (Å²) < 4.78 is 16.8. The van der Waals surface area contributed by atoms with E-state index in [9.17, 15) is 9.59 Å². The van der Waals surface area contributed by atoms with Crippen LogP contribution in [0, 0.1) is 0 Å². The van der Waals surface area contributed by atoms with E-state index in [0.29, 0.717) is 22.6 Å². The smallest absolute Gasteiger partial charge is 0.419 e. The number of methoxy groups -OCH3 is 1. The van der Waals surface area contributed by atoms with Crippen molar-refractivity contribution < 1.29 is 18.7 Å². The van der Waals surface area contributed by atoms with Crippen LogP contribution in [0.3, 0.4) is 0 Å². The quantitative estimate of drug-likeness (QED) is 0.535. The molecule has 0 fully saturated rings. The van der Waals surface area contributed by atoms with Crippen molar-refractivity contribution in [2.75, 3.05) is 7.11 Å². The van der Waals surface area contributed by atoms with Crippen molar-refractivity contribution in [3.05, 3.63) is 59.1 Å². The maximum Gasteiger partial charge on any atom is 0.419 e. The molecule has 1 heterocycles. The van der Waals surface area contributed by atoms with Crippen molar-refractivity contribution in [2.45, 2.75) is 13.0 Å². The van der Waals surface area contributed by atoms with Crippen molar-refractivity contribution in [3.8, 4) is 11.5 Å². The van der Waals surface area contributed by atoms with Gasteiger partial charge in [-0.15, -0.1) is 0 Å². The highest BCUT2D eigenvalue weighted by molar-refractivity contribution is 5.74. The molecule has 3 aromatic rings. The second-order valence-electron chi connectivity index (χ2n) is 4.89. The fourth-order valence-electron chi connectivity index (χ4n) is 2.26. The monoisotopic (exact) mass is 313 g/mol. The normalized spacial score (nSPS) is 10.7. The molecule has 0 saturated heterocycles. The Bertz CT molecular complexity index is 876. The highest BCUT2D eigenvalue weighted by Crippen LogP contribution is 2.18. The van der Waals surface area contributed by atoms with Crippen LogP contribution in [0.2, 0.25) is 0 Å². The Morgan fingerprint density at radius 1 is 1.09 bits per heavy atom. The van der Waals surface area contributed by atoms with Crippen molar-refractivity contribution in [1.82, 2.24) is 4.57 Å². The Kier molecular flexibility index (Phi) is 4.14. The molecule has 0 N–H and O–H groups in total. The number of nitrogens with zero attached hydrogens (tertiary/aromatic N) is 1. The number of esters is 1. The second kappa shape index (κ2) is 6.39. The molecule has 0 amide bonds. The zero-order valence-electron chi connectivity index (χ0n) is 12.5. The first-order chi connectivity index (χ1) is 11.2. The van der Waals surface area contributed by atoms with Crippen molar-refractivity contribution in [1.29, 1.82) is 0 Å². The Hall–Kier alpha value is -3.02. The van der Waals surface area contributed by atoms with Crippen molar-refractivity contribution >= 4 is 17.1 Å². The summed E-state index contributed by atoms with van der Waals surface area (Å²) in [6.07, 6.45) is 0.0649. The number of ether oxygens (including phenoxy) is 2. The molecule has 0 atom stereocenters. The number of hydrogen-bond acceptors (Lipinski definition) is 5. The van der Waals surface area contributed by atoms with Crippen molar-refractivity contribution in [3.63, 3.8) is 0 Å². The van der Waals surface area contributed by atoms with E-state index in [1.165, 1.54) is 4.57 Å². The van der Waals surface area contributed by atoms with Crippen molar-refractivity contribution in [2.24, 2.45) is 0 Å². The molecule has 0 aliphatic rings. The molecule has 23 heavy (non-hydrogen) atoms. The van der Waals surface area contributed by atoms with Crippen LogP contribution >= 0.6 is 0 Å². The molecule has 6 nitrogen and oxygen atoms in total. The Labute approximate surface area is 131 Å². The van der Waals surface area contributed by atoms with E-state index in [-0.39, 0.29) is 13.0 Å². The number of aryl methyl sites for hydroxylation is 1. The molecule has 0 unspecified atom stereocenters. The Balaban J connectivity index is 1.66. The van der Waals surface area contributed by atoms with E-state index in [4.69, 9.17) is 13.9 Å². The van der Waals surface area contributed by atoms with Gasteiger partial charge < -0.3 is 13.9 Å². The molecule has 0 bridgehead atoms. The van der Waals surface area contributed by atoms with Crippen LogP contribution in [-0.2, 0) is 11.3 Å². The third-order valence-corrected chi connectivity index (χ3v) is 3.40. The van der Waals surface area contributed by atoms with Crippen LogP contribution in [0.15, 0.2) is 57.7 Å². The summed E-state index contributed by atoms with van der Waals surface area (Å²) in [5.41, 5.74) is 1.16. The lowest BCUT2D eigenvalue weighted by atomic mass is 10.3. The maximum absolute atomic E-state index is 11.9. The fourth-order valence-corrected chi connectivity index (χ4v) is 2.26. The van der Waals surface area contributed by atoms with Gasteiger partial charge in [0, 0.05) is 6.54 Å². The summed E-state index contributed by atoms with van der Waals surface area (Å²) in [5.74, 6) is 0.206. The minimum Gasteiger partial charge on any atom is -0.497 e. The van der Waals surface area contributed by atoms with E-state index in [0.717, 1.165) is 0 Å². The van der Waals surface area contributed by atoms with Gasteiger partial charge in [0.05, 0.1) is 19.0 Å². The molecule has 0 radical (unpaired) electrons. The predicted octanol–water partition coefficient (Wildman–Crippen LogP) is 2.60. The van der Waals surface area contributed by atoms with Gasteiger partial charge in [0.1, 0.15) is 11.5 Å². The summed E-state index contributed by atoms with van der Waals surface area (Å²) in [6, 6.07) is 13.8. The summed E-state index contributed by atoms with van der Waals surface area (Å²) in [4.78, 5) is 23.7. The third-order valence-electron chi connectivity index (χ3n) is 3.40. The van der Waals surface area contributed by atoms with Crippen LogP contribution in [-0.4, -0.2) is 17.6 Å². The minimum atomic E-state index is -0.483. The molecule has 1 aromatic heterocycles. The minimum absolute atomic E-state index is 0.0649. The van der Waals surface area contributed by atoms with Gasteiger partial charge >= 0.3 is 11.7 Å². The number of para-hydroxylation sites is 2. The average Bonchev–Trinajstić information content (AvgIpc) is 2.89. The van der Waals surface area contributed by atoms with Crippen LogP contribution < -0.4 is 15.2 Å². The van der Waals surface area contributed by atoms with Gasteiger partial charge in [-0.05, 0) is 36.4 Å². The van der Waals surface area contributed by atoms with Crippen LogP contribution in [0.25, 0.3) is 11.1 Å². The Morgan fingerprint density at radius 3 is 2.52 bits per heavy atom. The molecular formula is C17H15NO5. The van der Waals surface area contributed by atoms with Gasteiger partial charge in [-0.2, -0.15) is 0 Å². The number of fused-ring (bicyclic) bond motifs is 1. The molecule has 0 spiro atoms. The lowest BCUT2D eigenvalue weighted by Gasteiger charge is -2.06. The molecule has 6 heteroatoms. The molecule has 0 aliphatic carbocycles. The number of aromatic nitrogens is 1. The lowest BCUT2D eigenvalue weighted by Crippen LogP contribution is -2.18. The molecule has 2 aromatic carbocycles. The van der Waals surface area contributed by atoms with Crippen LogP contribution in [0.4, 0.5) is 0 Å². The zero-order chi connectivity index (χ0) is 16.2. The first kappa shape index (κ1) is 14.9. The number of oxazole rings is 1. The number of carbonyl (C=O) groups is 1. The van der Waals surface area contributed by atoms with E-state index in [2.05, 4.69) is 0 Å². The molecule has 0 aliphatic heterocycles. The van der Waals surface area contributed by atoms with Gasteiger partial charge in [0.2, 0.25) is 0 Å². The van der Waals surface area contributed by atoms with Crippen LogP contribution in [0.5, 0.6) is 11.5 Å². The molecule has 0 saturated carbocycles. The lowest BCUT2D eigenvalue weighted by molar-refractivity contribution is -0.134. The summed E-state index contributed by atoms with van der Waals surface area (Å²) in [5, 5.41) is 0. The maximum atomic E-state index is 11.9. The van der Waals surface area contributed by atoms with E-state index < -0.39 is 11.7 Å². The largest absolute Gasteiger partial charge is 0.497 e. The highest BCUT2D eigenvalue weighted by atomic mass is 16.5. The summed E-state index contributed by atoms with van der Waals surface area (Å²) in [6.45, 7) is 0.199. The van der Waals surface area contributed by atoms with E-state index in [1.54, 1.807) is 49.6 Å². The van der Waals surface area contributed by atoms with E-state index in [1.807, 2.05) is 6.07 Å². The fraction of sp³-hybridized carbons (Fsp3) is 0.176. The third kappa shape index (κ3) is 3.26. The molecular weight excluding hydrogens is 298 g/mol. The van der Waals surface area contributed by atoms with E-state index >= 15 is 0 Å². The van der Waals surface area contributed by atoms with Gasteiger partial charge in [0.25, 0.3) is 0 Å². The number of benzene rings is 2. The first-order valence-corrected chi connectivity index (χ1v) is 7.10. The molecule has 3 rings (SSSR count). The first-order valence-electron chi connectivity index (χ1n) is 7.10. The SMILES string of the molecule is COc1ccc(OC(=O)CCn2c(=O)oc3ccccc32)cc1. The number of carbonyl (C=O) groups excluding carboxylic acids is 1. The van der Waals surface area contributed by atoms with Crippen LogP contribution in [0.1, 0.15) is 6.42 Å². The van der Waals surface area contributed by atoms with Gasteiger partial charge in [-0.3, -0.25) is 9.36 Å². The number of hydrogen-bond donors (Lipinski definition) is 0. The summed E-state index contributed by atoms with van der Waals surface area (Å²) in [7, 11) is 1.56. The summed E-state index contributed by atoms with van der Waals surface area (Å²) >= 11 is 0. The van der Waals surface area contributed by atoms with Gasteiger partial charge in [-0.25, -0.2) is 4.79 Å². The van der Waals surface area contributed by atoms with Gasteiger partial charge in [0.15, 0.2) is 5.58 Å². The topological polar surface area (TPSA) is 70.7 Å². The van der Waals surface area contributed by atoms with Gasteiger partial charge in [-0.1, -0.05) is 12.1 Å². The Morgan fingerprint density at radius 2 is 1.78 bits per heavy atom. The molecule has 118 valence electrons.